The van der Waals surface area contributed by atoms with Crippen LogP contribution in [0.5, 0.6) is 5.75 Å². The van der Waals surface area contributed by atoms with Crippen LogP contribution in [-0.4, -0.2) is 62.1 Å². The van der Waals surface area contributed by atoms with Crippen molar-refractivity contribution >= 4 is 12.0 Å². The van der Waals surface area contributed by atoms with Gasteiger partial charge in [-0.05, 0) is 23.3 Å². The molecule has 28 heavy (non-hydrogen) atoms. The van der Waals surface area contributed by atoms with Gasteiger partial charge in [-0.1, -0.05) is 54.6 Å². The summed E-state index contributed by atoms with van der Waals surface area (Å²) >= 11 is 0. The highest BCUT2D eigenvalue weighted by molar-refractivity contribution is 5.78. The first kappa shape index (κ1) is 20.1. The highest BCUT2D eigenvalue weighted by Crippen LogP contribution is 2.11. The number of nitrogens with one attached hydrogen (secondary N) is 1. The van der Waals surface area contributed by atoms with E-state index >= 15 is 0 Å². The first-order valence-corrected chi connectivity index (χ1v) is 9.80. The summed E-state index contributed by atoms with van der Waals surface area (Å²) in [6, 6.07) is 18.2. The van der Waals surface area contributed by atoms with Crippen molar-refractivity contribution in [3.8, 4) is 5.75 Å². The summed E-state index contributed by atoms with van der Waals surface area (Å²) < 4.78 is 5.16. The van der Waals surface area contributed by atoms with Crippen LogP contribution in [0, 0.1) is 0 Å². The highest BCUT2D eigenvalue weighted by atomic mass is 16.5. The number of benzene rings is 2. The summed E-state index contributed by atoms with van der Waals surface area (Å²) in [6.45, 7) is 5.41. The first-order valence-electron chi connectivity index (χ1n) is 9.80. The molecule has 1 heterocycles. The summed E-state index contributed by atoms with van der Waals surface area (Å²) in [5, 5.41) is 3.24. The molecule has 1 saturated heterocycles. The molecule has 0 aliphatic carbocycles. The Labute approximate surface area is 167 Å². The lowest BCUT2D eigenvalue weighted by atomic mass is 10.2. The molecule has 0 aromatic heterocycles. The van der Waals surface area contributed by atoms with Crippen LogP contribution in [0.4, 0.5) is 0 Å². The number of hydrogen-bond acceptors (Lipinski definition) is 4. The Bertz CT molecular complexity index is 751. The van der Waals surface area contributed by atoms with Crippen LogP contribution >= 0.6 is 0 Å². The van der Waals surface area contributed by atoms with Crippen LogP contribution in [-0.2, 0) is 11.3 Å². The van der Waals surface area contributed by atoms with Gasteiger partial charge in [0.05, 0.1) is 13.7 Å². The highest BCUT2D eigenvalue weighted by Gasteiger charge is 2.19. The smallest absolute Gasteiger partial charge is 0.236 e. The van der Waals surface area contributed by atoms with E-state index in [4.69, 9.17) is 4.74 Å². The van der Waals surface area contributed by atoms with Crippen molar-refractivity contribution in [1.82, 2.24) is 15.1 Å². The average Bonchev–Trinajstić information content (AvgIpc) is 2.75. The van der Waals surface area contributed by atoms with Gasteiger partial charge in [-0.2, -0.15) is 0 Å². The Kier molecular flexibility index (Phi) is 7.64. The van der Waals surface area contributed by atoms with Crippen molar-refractivity contribution in [3.05, 3.63) is 71.8 Å². The lowest BCUT2D eigenvalue weighted by molar-refractivity contribution is -0.131. The SMILES string of the molecule is COc1ccc(CNCC(=O)N2CCN(C/C=C/c3ccccc3)CC2)cc1. The van der Waals surface area contributed by atoms with Gasteiger partial charge in [0.1, 0.15) is 5.75 Å². The van der Waals surface area contributed by atoms with E-state index in [-0.39, 0.29) is 5.91 Å². The van der Waals surface area contributed by atoms with Crippen molar-refractivity contribution in [1.29, 1.82) is 0 Å². The topological polar surface area (TPSA) is 44.8 Å². The minimum absolute atomic E-state index is 0.174. The molecule has 1 amide bonds. The fourth-order valence-corrected chi connectivity index (χ4v) is 3.25. The molecule has 0 unspecified atom stereocenters. The monoisotopic (exact) mass is 379 g/mol. The summed E-state index contributed by atoms with van der Waals surface area (Å²) in [5.74, 6) is 1.02. The Morgan fingerprint density at radius 2 is 1.75 bits per heavy atom. The number of ether oxygens (including phenoxy) is 1. The van der Waals surface area contributed by atoms with E-state index in [0.29, 0.717) is 13.1 Å². The van der Waals surface area contributed by atoms with Crippen LogP contribution < -0.4 is 10.1 Å². The van der Waals surface area contributed by atoms with Gasteiger partial charge in [0.2, 0.25) is 5.91 Å². The zero-order valence-electron chi connectivity index (χ0n) is 16.5. The Balaban J connectivity index is 1.33. The molecule has 1 N–H and O–H groups in total. The zero-order chi connectivity index (χ0) is 19.6. The Morgan fingerprint density at radius 3 is 2.43 bits per heavy atom. The van der Waals surface area contributed by atoms with Crippen LogP contribution in [0.25, 0.3) is 6.08 Å². The fourth-order valence-electron chi connectivity index (χ4n) is 3.25. The maximum atomic E-state index is 12.4. The molecule has 2 aromatic rings. The molecule has 0 saturated carbocycles. The molecule has 5 heteroatoms. The zero-order valence-corrected chi connectivity index (χ0v) is 16.5. The molecule has 5 nitrogen and oxygen atoms in total. The van der Waals surface area contributed by atoms with E-state index in [1.54, 1.807) is 7.11 Å². The van der Waals surface area contributed by atoms with Crippen LogP contribution in [0.1, 0.15) is 11.1 Å². The van der Waals surface area contributed by atoms with Gasteiger partial charge in [-0.3, -0.25) is 9.69 Å². The number of carbonyl (C=O) groups is 1. The summed E-state index contributed by atoms with van der Waals surface area (Å²) in [5.41, 5.74) is 2.36. The number of hydrogen-bond donors (Lipinski definition) is 1. The van der Waals surface area contributed by atoms with E-state index in [1.165, 1.54) is 5.56 Å². The van der Waals surface area contributed by atoms with Crippen molar-refractivity contribution < 1.29 is 9.53 Å². The number of piperazine rings is 1. The maximum Gasteiger partial charge on any atom is 0.236 e. The lowest BCUT2D eigenvalue weighted by Crippen LogP contribution is -2.50. The van der Waals surface area contributed by atoms with Gasteiger partial charge >= 0.3 is 0 Å². The molecule has 2 aromatic carbocycles. The van der Waals surface area contributed by atoms with Crippen LogP contribution in [0.15, 0.2) is 60.7 Å². The fraction of sp³-hybridized carbons (Fsp3) is 0.348. The summed E-state index contributed by atoms with van der Waals surface area (Å²) in [7, 11) is 1.66. The largest absolute Gasteiger partial charge is 0.497 e. The second-order valence-corrected chi connectivity index (χ2v) is 6.95. The van der Waals surface area contributed by atoms with E-state index < -0.39 is 0 Å². The number of nitrogens with zero attached hydrogens (tertiary/aromatic N) is 2. The van der Waals surface area contributed by atoms with E-state index in [2.05, 4.69) is 34.5 Å². The van der Waals surface area contributed by atoms with Gasteiger partial charge in [-0.15, -0.1) is 0 Å². The van der Waals surface area contributed by atoms with Crippen LogP contribution in [0.2, 0.25) is 0 Å². The molecule has 1 aliphatic heterocycles. The van der Waals surface area contributed by atoms with Crippen molar-refractivity contribution in [2.75, 3.05) is 46.4 Å². The molecular weight excluding hydrogens is 350 g/mol. The van der Waals surface area contributed by atoms with Crippen molar-refractivity contribution in [3.63, 3.8) is 0 Å². The second-order valence-electron chi connectivity index (χ2n) is 6.95. The molecule has 3 rings (SSSR count). The maximum absolute atomic E-state index is 12.4. The van der Waals surface area contributed by atoms with Crippen molar-refractivity contribution in [2.45, 2.75) is 6.54 Å². The van der Waals surface area contributed by atoms with Gasteiger partial charge < -0.3 is 15.0 Å². The first-order chi connectivity index (χ1) is 13.7. The molecule has 1 aliphatic rings. The van der Waals surface area contributed by atoms with E-state index in [0.717, 1.165) is 44.0 Å². The molecule has 0 radical (unpaired) electrons. The van der Waals surface area contributed by atoms with Crippen LogP contribution in [0.3, 0.4) is 0 Å². The summed E-state index contributed by atoms with van der Waals surface area (Å²) in [4.78, 5) is 16.7. The normalized spacial score (nSPS) is 15.1. The van der Waals surface area contributed by atoms with Gasteiger partial charge in [0.15, 0.2) is 0 Å². The molecular formula is C23H29N3O2. The predicted molar refractivity (Wildman–Crippen MR) is 113 cm³/mol. The third-order valence-corrected chi connectivity index (χ3v) is 4.96. The quantitative estimate of drug-likeness (QED) is 0.766. The van der Waals surface area contributed by atoms with Gasteiger partial charge in [0.25, 0.3) is 0 Å². The third kappa shape index (κ3) is 6.22. The number of rotatable bonds is 8. The lowest BCUT2D eigenvalue weighted by Gasteiger charge is -2.34. The molecule has 0 spiro atoms. The molecule has 0 bridgehead atoms. The standard InChI is InChI=1S/C23H29N3O2/c1-28-22-11-9-21(10-12-22)18-24-19-23(27)26-16-14-25(15-17-26)13-5-8-20-6-3-2-4-7-20/h2-12,24H,13-19H2,1H3/b8-5+. The minimum Gasteiger partial charge on any atom is -0.497 e. The van der Waals surface area contributed by atoms with Gasteiger partial charge in [-0.25, -0.2) is 0 Å². The average molecular weight is 380 g/mol. The van der Waals surface area contributed by atoms with Crippen molar-refractivity contribution in [2.24, 2.45) is 0 Å². The molecule has 148 valence electrons. The van der Waals surface area contributed by atoms with E-state index in [1.807, 2.05) is 47.4 Å². The predicted octanol–water partition coefficient (Wildman–Crippen LogP) is 2.64. The Morgan fingerprint density at radius 1 is 1.04 bits per heavy atom. The number of carbonyl (C=O) groups excluding carboxylic acids is 1. The number of methoxy groups -OCH3 is 1. The summed E-state index contributed by atoms with van der Waals surface area (Å²) in [6.07, 6.45) is 4.35. The molecule has 1 fully saturated rings. The minimum atomic E-state index is 0.174. The van der Waals surface area contributed by atoms with E-state index in [9.17, 15) is 4.79 Å². The molecule has 0 atom stereocenters. The third-order valence-electron chi connectivity index (χ3n) is 4.96. The Hall–Kier alpha value is -2.63. The number of amides is 1. The van der Waals surface area contributed by atoms with Gasteiger partial charge in [0, 0.05) is 39.3 Å². The second kappa shape index (κ2) is 10.6.